The lowest BCUT2D eigenvalue weighted by molar-refractivity contribution is 0.152. The normalized spacial score (nSPS) is 20.0. The molecule has 6 heavy (non-hydrogen) atoms. The first kappa shape index (κ1) is 6.25. The summed E-state index contributed by atoms with van der Waals surface area (Å²) in [6.45, 7) is 4.88. The van der Waals surface area contributed by atoms with E-state index >= 15 is 0 Å². The van der Waals surface area contributed by atoms with Crippen LogP contribution in [-0.4, -0.2) is 10.2 Å². The molecule has 0 aromatic carbocycles. The standard InChI is InChI=1S/C4H8ClO/c1-3-4(2,5)6/h6H,1,3H2,2H3. The van der Waals surface area contributed by atoms with Crippen LogP contribution >= 0.6 is 11.6 Å². The molecule has 0 aromatic heterocycles. The fourth-order valence-electron chi connectivity index (χ4n) is 0. The largest absolute Gasteiger partial charge is 0.375 e. The zero-order valence-electron chi connectivity index (χ0n) is 3.74. The highest BCUT2D eigenvalue weighted by atomic mass is 35.5. The van der Waals surface area contributed by atoms with Gasteiger partial charge in [0, 0.05) is 0 Å². The quantitative estimate of drug-likeness (QED) is 0.499. The molecule has 0 fully saturated rings. The summed E-state index contributed by atoms with van der Waals surface area (Å²) < 4.78 is 0. The molecule has 0 bridgehead atoms. The van der Waals surface area contributed by atoms with Gasteiger partial charge in [0.1, 0.15) is 5.06 Å². The van der Waals surface area contributed by atoms with Gasteiger partial charge in [-0.25, -0.2) is 0 Å². The van der Waals surface area contributed by atoms with E-state index in [2.05, 4.69) is 6.92 Å². The molecule has 1 N–H and O–H groups in total. The Balaban J connectivity index is 3.17. The van der Waals surface area contributed by atoms with E-state index in [4.69, 9.17) is 16.7 Å². The van der Waals surface area contributed by atoms with Crippen molar-refractivity contribution in [2.45, 2.75) is 18.4 Å². The summed E-state index contributed by atoms with van der Waals surface area (Å²) in [5.74, 6) is 0. The molecular weight excluding hydrogens is 99.5 g/mol. The van der Waals surface area contributed by atoms with E-state index in [1.54, 1.807) is 0 Å². The monoisotopic (exact) mass is 107 g/mol. The molecule has 0 saturated heterocycles. The van der Waals surface area contributed by atoms with Crippen LogP contribution in [0.3, 0.4) is 0 Å². The summed E-state index contributed by atoms with van der Waals surface area (Å²) >= 11 is 5.21. The van der Waals surface area contributed by atoms with Gasteiger partial charge in [-0.15, -0.1) is 0 Å². The third kappa shape index (κ3) is 4.25. The van der Waals surface area contributed by atoms with Crippen LogP contribution < -0.4 is 0 Å². The van der Waals surface area contributed by atoms with Crippen LogP contribution in [-0.2, 0) is 0 Å². The molecule has 0 aliphatic carbocycles. The molecule has 2 heteroatoms. The van der Waals surface area contributed by atoms with E-state index in [0.29, 0.717) is 6.42 Å². The zero-order chi connectivity index (χ0) is 5.21. The van der Waals surface area contributed by atoms with Crippen LogP contribution in [0.25, 0.3) is 0 Å². The first-order chi connectivity index (χ1) is 2.56. The molecule has 1 radical (unpaired) electrons. The van der Waals surface area contributed by atoms with E-state index in [0.717, 1.165) is 0 Å². The van der Waals surface area contributed by atoms with Gasteiger partial charge in [0.05, 0.1) is 0 Å². The van der Waals surface area contributed by atoms with Crippen molar-refractivity contribution in [1.29, 1.82) is 0 Å². The molecule has 0 aliphatic rings. The summed E-state index contributed by atoms with van der Waals surface area (Å²) in [5.41, 5.74) is 0. The maximum absolute atomic E-state index is 8.53. The Kier molecular flexibility index (Phi) is 1.88. The van der Waals surface area contributed by atoms with Crippen LogP contribution in [0, 0.1) is 6.92 Å². The van der Waals surface area contributed by atoms with Gasteiger partial charge in [0.25, 0.3) is 0 Å². The second kappa shape index (κ2) is 1.80. The molecule has 0 aliphatic heterocycles. The smallest absolute Gasteiger partial charge is 0.135 e. The van der Waals surface area contributed by atoms with Crippen molar-refractivity contribution in [3.63, 3.8) is 0 Å². The van der Waals surface area contributed by atoms with E-state index in [9.17, 15) is 0 Å². The molecule has 37 valence electrons. The summed E-state index contributed by atoms with van der Waals surface area (Å²) in [4.78, 5) is 0. The van der Waals surface area contributed by atoms with Gasteiger partial charge in [0.2, 0.25) is 0 Å². The fraction of sp³-hybridized carbons (Fsp3) is 0.750. The Bertz CT molecular complexity index is 37.3. The number of hydrogen-bond donors (Lipinski definition) is 1. The Labute approximate surface area is 42.9 Å². The molecule has 0 spiro atoms. The Hall–Kier alpha value is 0.250. The average molecular weight is 108 g/mol. The Morgan fingerprint density at radius 1 is 2.00 bits per heavy atom. The predicted octanol–water partition coefficient (Wildman–Crippen LogP) is 1.16. The number of halogens is 1. The fourth-order valence-corrected chi connectivity index (χ4v) is 0. The third-order valence-electron chi connectivity index (χ3n) is 0.456. The van der Waals surface area contributed by atoms with E-state index in [1.807, 2.05) is 0 Å². The molecule has 0 aromatic rings. The number of rotatable bonds is 1. The average Bonchev–Trinajstić information content (AvgIpc) is 1.35. The van der Waals surface area contributed by atoms with Crippen LogP contribution in [0.5, 0.6) is 0 Å². The lowest BCUT2D eigenvalue weighted by Crippen LogP contribution is -2.11. The summed E-state index contributed by atoms with van der Waals surface area (Å²) in [7, 11) is 0. The van der Waals surface area contributed by atoms with Crippen LogP contribution in [0.2, 0.25) is 0 Å². The maximum atomic E-state index is 8.53. The number of alkyl halides is 1. The van der Waals surface area contributed by atoms with Crippen molar-refractivity contribution >= 4 is 11.6 Å². The van der Waals surface area contributed by atoms with E-state index < -0.39 is 5.06 Å². The second-order valence-corrected chi connectivity index (χ2v) is 2.21. The highest BCUT2D eigenvalue weighted by Gasteiger charge is 2.09. The molecule has 1 unspecified atom stereocenters. The molecule has 0 amide bonds. The lowest BCUT2D eigenvalue weighted by atomic mass is 10.3. The molecule has 1 nitrogen and oxygen atoms in total. The summed E-state index contributed by atoms with van der Waals surface area (Å²) in [6.07, 6.45) is 0.342. The SMILES string of the molecule is [CH2]CC(C)(O)Cl. The Morgan fingerprint density at radius 2 is 2.17 bits per heavy atom. The van der Waals surface area contributed by atoms with Gasteiger partial charge in [-0.1, -0.05) is 11.6 Å². The molecular formula is C4H8ClO. The van der Waals surface area contributed by atoms with Crippen molar-refractivity contribution in [3.8, 4) is 0 Å². The van der Waals surface area contributed by atoms with Gasteiger partial charge >= 0.3 is 0 Å². The lowest BCUT2D eigenvalue weighted by Gasteiger charge is -2.08. The van der Waals surface area contributed by atoms with Crippen LogP contribution in [0.1, 0.15) is 13.3 Å². The molecule has 0 heterocycles. The maximum Gasteiger partial charge on any atom is 0.135 e. The minimum absolute atomic E-state index is 0.342. The highest BCUT2D eigenvalue weighted by Crippen LogP contribution is 2.11. The molecule has 0 rings (SSSR count). The summed E-state index contributed by atoms with van der Waals surface area (Å²) in [5, 5.41) is 7.43. The topological polar surface area (TPSA) is 20.2 Å². The van der Waals surface area contributed by atoms with Crippen molar-refractivity contribution < 1.29 is 5.11 Å². The van der Waals surface area contributed by atoms with E-state index in [-0.39, 0.29) is 0 Å². The first-order valence-corrected chi connectivity index (χ1v) is 2.14. The van der Waals surface area contributed by atoms with Gasteiger partial charge < -0.3 is 5.11 Å². The van der Waals surface area contributed by atoms with Crippen molar-refractivity contribution in [2.24, 2.45) is 0 Å². The minimum atomic E-state index is -1.10. The second-order valence-electron chi connectivity index (χ2n) is 1.39. The zero-order valence-corrected chi connectivity index (χ0v) is 4.50. The third-order valence-corrected chi connectivity index (χ3v) is 0.645. The van der Waals surface area contributed by atoms with Gasteiger partial charge in [-0.2, -0.15) is 0 Å². The Morgan fingerprint density at radius 3 is 2.17 bits per heavy atom. The van der Waals surface area contributed by atoms with Gasteiger partial charge in [-0.05, 0) is 20.3 Å². The van der Waals surface area contributed by atoms with E-state index in [1.165, 1.54) is 6.92 Å². The van der Waals surface area contributed by atoms with Crippen LogP contribution in [0.4, 0.5) is 0 Å². The predicted molar refractivity (Wildman–Crippen MR) is 26.5 cm³/mol. The van der Waals surface area contributed by atoms with Crippen molar-refractivity contribution in [3.05, 3.63) is 6.92 Å². The number of aliphatic hydroxyl groups is 1. The number of hydrogen-bond acceptors (Lipinski definition) is 1. The molecule has 1 atom stereocenters. The first-order valence-electron chi connectivity index (χ1n) is 1.77. The minimum Gasteiger partial charge on any atom is -0.375 e. The van der Waals surface area contributed by atoms with Gasteiger partial charge in [0.15, 0.2) is 0 Å². The van der Waals surface area contributed by atoms with Crippen molar-refractivity contribution in [1.82, 2.24) is 0 Å². The summed E-state index contributed by atoms with van der Waals surface area (Å²) in [6, 6.07) is 0. The van der Waals surface area contributed by atoms with Crippen LogP contribution in [0.15, 0.2) is 0 Å². The van der Waals surface area contributed by atoms with Gasteiger partial charge in [-0.3, -0.25) is 0 Å². The highest BCUT2D eigenvalue weighted by molar-refractivity contribution is 6.22. The molecule has 0 saturated carbocycles. The van der Waals surface area contributed by atoms with Crippen molar-refractivity contribution in [2.75, 3.05) is 0 Å².